The summed E-state index contributed by atoms with van der Waals surface area (Å²) in [5, 5.41) is 3.50. The van der Waals surface area contributed by atoms with E-state index >= 15 is 0 Å². The van der Waals surface area contributed by atoms with E-state index in [0.717, 1.165) is 24.8 Å². The highest BCUT2D eigenvalue weighted by Gasteiger charge is 2.20. The van der Waals surface area contributed by atoms with Gasteiger partial charge in [0, 0.05) is 6.04 Å². The summed E-state index contributed by atoms with van der Waals surface area (Å²) in [6.45, 7) is 5.29. The molecule has 88 valence electrons. The highest BCUT2D eigenvalue weighted by molar-refractivity contribution is 5.27. The Hall–Kier alpha value is -1.02. The van der Waals surface area contributed by atoms with Gasteiger partial charge in [-0.2, -0.15) is 0 Å². The summed E-state index contributed by atoms with van der Waals surface area (Å²) in [5.41, 5.74) is 1.25. The van der Waals surface area contributed by atoms with Gasteiger partial charge >= 0.3 is 0 Å². The number of hydrogen-bond acceptors (Lipinski definition) is 2. The second kappa shape index (κ2) is 5.35. The van der Waals surface area contributed by atoms with Crippen molar-refractivity contribution in [3.05, 3.63) is 29.8 Å². The predicted octanol–water partition coefficient (Wildman–Crippen LogP) is 2.90. The first-order valence-electron chi connectivity index (χ1n) is 6.21. The Morgan fingerprint density at radius 2 is 2.25 bits per heavy atom. The van der Waals surface area contributed by atoms with Gasteiger partial charge in [-0.3, -0.25) is 0 Å². The lowest BCUT2D eigenvalue weighted by atomic mass is 10.2. The van der Waals surface area contributed by atoms with E-state index in [1.807, 2.05) is 12.1 Å². The molecule has 2 rings (SSSR count). The Morgan fingerprint density at radius 3 is 2.94 bits per heavy atom. The molecule has 16 heavy (non-hydrogen) atoms. The smallest absolute Gasteiger partial charge is 0.119 e. The van der Waals surface area contributed by atoms with Gasteiger partial charge in [-0.05, 0) is 57.4 Å². The van der Waals surface area contributed by atoms with Crippen LogP contribution in [0.4, 0.5) is 0 Å². The van der Waals surface area contributed by atoms with Gasteiger partial charge in [-0.25, -0.2) is 0 Å². The van der Waals surface area contributed by atoms with Gasteiger partial charge in [0.1, 0.15) is 5.75 Å². The molecule has 1 saturated carbocycles. The second-order valence-electron chi connectivity index (χ2n) is 4.76. The van der Waals surface area contributed by atoms with Crippen molar-refractivity contribution in [3.63, 3.8) is 0 Å². The zero-order valence-corrected chi connectivity index (χ0v) is 10.2. The minimum absolute atomic E-state index is 0.285. The molecule has 1 atom stereocenters. The maximum atomic E-state index is 5.86. The summed E-state index contributed by atoms with van der Waals surface area (Å²) in [6, 6.07) is 9.04. The molecule has 0 spiro atoms. The van der Waals surface area contributed by atoms with Crippen LogP contribution in [0, 0.1) is 6.92 Å². The molecule has 1 fully saturated rings. The van der Waals surface area contributed by atoms with E-state index < -0.39 is 0 Å². The summed E-state index contributed by atoms with van der Waals surface area (Å²) >= 11 is 0. The predicted molar refractivity (Wildman–Crippen MR) is 66.9 cm³/mol. The Labute approximate surface area is 98.0 Å². The summed E-state index contributed by atoms with van der Waals surface area (Å²) in [7, 11) is 0. The summed E-state index contributed by atoms with van der Waals surface area (Å²) in [5.74, 6) is 0.985. The highest BCUT2D eigenvalue weighted by Crippen LogP contribution is 2.19. The first-order valence-corrected chi connectivity index (χ1v) is 6.21. The van der Waals surface area contributed by atoms with Crippen molar-refractivity contribution in [2.24, 2.45) is 0 Å². The maximum Gasteiger partial charge on any atom is 0.119 e. The Bertz CT molecular complexity index is 333. The quantitative estimate of drug-likeness (QED) is 0.794. The molecular weight excluding hydrogens is 198 g/mol. The van der Waals surface area contributed by atoms with Gasteiger partial charge in [0.25, 0.3) is 0 Å². The number of benzene rings is 1. The van der Waals surface area contributed by atoms with Gasteiger partial charge in [-0.15, -0.1) is 0 Å². The van der Waals surface area contributed by atoms with Crippen LogP contribution in [0.15, 0.2) is 24.3 Å². The van der Waals surface area contributed by atoms with Crippen molar-refractivity contribution in [2.75, 3.05) is 6.54 Å². The summed E-state index contributed by atoms with van der Waals surface area (Å²) in [4.78, 5) is 0. The minimum atomic E-state index is 0.285. The molecule has 0 aromatic heterocycles. The van der Waals surface area contributed by atoms with Crippen molar-refractivity contribution in [1.82, 2.24) is 5.32 Å². The van der Waals surface area contributed by atoms with E-state index in [2.05, 4.69) is 31.3 Å². The van der Waals surface area contributed by atoms with E-state index in [4.69, 9.17) is 4.74 Å². The van der Waals surface area contributed by atoms with Crippen LogP contribution in [0.2, 0.25) is 0 Å². The van der Waals surface area contributed by atoms with Crippen molar-refractivity contribution >= 4 is 0 Å². The fraction of sp³-hybridized carbons (Fsp3) is 0.571. The van der Waals surface area contributed by atoms with Crippen molar-refractivity contribution < 1.29 is 4.74 Å². The average molecular weight is 219 g/mol. The fourth-order valence-electron chi connectivity index (χ4n) is 1.76. The summed E-state index contributed by atoms with van der Waals surface area (Å²) < 4.78 is 5.86. The lowest BCUT2D eigenvalue weighted by Crippen LogP contribution is -2.23. The number of aryl methyl sites for hydroxylation is 1. The number of nitrogens with one attached hydrogen (secondary N) is 1. The van der Waals surface area contributed by atoms with Gasteiger partial charge in [-0.1, -0.05) is 12.1 Å². The molecule has 0 heterocycles. The molecular formula is C14H21NO. The molecule has 1 N–H and O–H groups in total. The van der Waals surface area contributed by atoms with Crippen LogP contribution in [-0.4, -0.2) is 18.7 Å². The van der Waals surface area contributed by atoms with Crippen molar-refractivity contribution in [2.45, 2.75) is 45.3 Å². The first-order chi connectivity index (χ1) is 7.74. The van der Waals surface area contributed by atoms with Crippen LogP contribution in [-0.2, 0) is 0 Å². The SMILES string of the molecule is Cc1cccc(OC(C)CCNC2CC2)c1. The maximum absolute atomic E-state index is 5.86. The third-order valence-corrected chi connectivity index (χ3v) is 2.89. The third-order valence-electron chi connectivity index (χ3n) is 2.89. The standard InChI is InChI=1S/C14H21NO/c1-11-4-3-5-14(10-11)16-12(2)8-9-15-13-6-7-13/h3-5,10,12-13,15H,6-9H2,1-2H3. The number of ether oxygens (including phenoxy) is 1. The van der Waals surface area contributed by atoms with E-state index in [1.54, 1.807) is 0 Å². The zero-order valence-electron chi connectivity index (χ0n) is 10.2. The number of hydrogen-bond donors (Lipinski definition) is 1. The van der Waals surface area contributed by atoms with Crippen LogP contribution >= 0.6 is 0 Å². The Balaban J connectivity index is 1.70. The summed E-state index contributed by atoms with van der Waals surface area (Å²) in [6.07, 6.45) is 4.07. The third kappa shape index (κ3) is 3.86. The van der Waals surface area contributed by atoms with Crippen molar-refractivity contribution in [1.29, 1.82) is 0 Å². The van der Waals surface area contributed by atoms with E-state index in [-0.39, 0.29) is 6.10 Å². The monoisotopic (exact) mass is 219 g/mol. The molecule has 1 aliphatic carbocycles. The number of rotatable bonds is 6. The minimum Gasteiger partial charge on any atom is -0.491 e. The van der Waals surface area contributed by atoms with Crippen LogP contribution in [0.1, 0.15) is 31.7 Å². The van der Waals surface area contributed by atoms with Gasteiger partial charge in [0.05, 0.1) is 6.10 Å². The molecule has 1 aliphatic rings. The highest BCUT2D eigenvalue weighted by atomic mass is 16.5. The lowest BCUT2D eigenvalue weighted by Gasteiger charge is -2.15. The molecule has 1 aromatic rings. The molecule has 1 unspecified atom stereocenters. The molecule has 0 radical (unpaired) electrons. The molecule has 0 saturated heterocycles. The zero-order chi connectivity index (χ0) is 11.4. The van der Waals surface area contributed by atoms with E-state index in [0.29, 0.717) is 0 Å². The van der Waals surface area contributed by atoms with Crippen LogP contribution in [0.5, 0.6) is 5.75 Å². The Morgan fingerprint density at radius 1 is 1.44 bits per heavy atom. The van der Waals surface area contributed by atoms with Crippen LogP contribution < -0.4 is 10.1 Å². The van der Waals surface area contributed by atoms with Gasteiger partial charge < -0.3 is 10.1 Å². The molecule has 0 aliphatic heterocycles. The fourth-order valence-corrected chi connectivity index (χ4v) is 1.76. The second-order valence-corrected chi connectivity index (χ2v) is 4.76. The van der Waals surface area contributed by atoms with Gasteiger partial charge in [0.2, 0.25) is 0 Å². The van der Waals surface area contributed by atoms with Crippen molar-refractivity contribution in [3.8, 4) is 5.75 Å². The van der Waals surface area contributed by atoms with E-state index in [9.17, 15) is 0 Å². The molecule has 0 amide bonds. The normalized spacial score (nSPS) is 17.1. The molecule has 2 nitrogen and oxygen atoms in total. The largest absolute Gasteiger partial charge is 0.491 e. The van der Waals surface area contributed by atoms with Crippen LogP contribution in [0.25, 0.3) is 0 Å². The molecule has 2 heteroatoms. The lowest BCUT2D eigenvalue weighted by molar-refractivity contribution is 0.209. The van der Waals surface area contributed by atoms with E-state index in [1.165, 1.54) is 18.4 Å². The molecule has 0 bridgehead atoms. The first kappa shape index (κ1) is 11.5. The Kier molecular flexibility index (Phi) is 3.83. The average Bonchev–Trinajstić information content (AvgIpc) is 3.01. The van der Waals surface area contributed by atoms with Crippen LogP contribution in [0.3, 0.4) is 0 Å². The topological polar surface area (TPSA) is 21.3 Å². The van der Waals surface area contributed by atoms with Gasteiger partial charge in [0.15, 0.2) is 0 Å². The molecule has 1 aromatic carbocycles.